The molecule has 2 N–H and O–H groups in total. The number of carbonyl (C=O) groups excluding carboxylic acids is 1. The molecule has 7 heteroatoms. The van der Waals surface area contributed by atoms with Crippen molar-refractivity contribution in [1.29, 1.82) is 0 Å². The number of hydrogen-bond donors (Lipinski definition) is 1. The average molecular weight is 283 g/mol. The van der Waals surface area contributed by atoms with Gasteiger partial charge in [0, 0.05) is 37.7 Å². The summed E-state index contributed by atoms with van der Waals surface area (Å²) >= 11 is 1.41. The van der Waals surface area contributed by atoms with Crippen LogP contribution in [0.4, 0.5) is 5.13 Å². The topological polar surface area (TPSA) is 75.4 Å². The second-order valence-corrected chi connectivity index (χ2v) is 5.94. The number of nitrogens with zero attached hydrogens (tertiary/aromatic N) is 4. The fourth-order valence-corrected chi connectivity index (χ4v) is 2.75. The van der Waals surface area contributed by atoms with Crippen LogP contribution in [0.1, 0.15) is 19.7 Å². The molecule has 6 nitrogen and oxygen atoms in total. The molecule has 1 atom stereocenters. The molecule has 1 saturated heterocycles. The summed E-state index contributed by atoms with van der Waals surface area (Å²) in [6, 6.07) is -0.393. The van der Waals surface area contributed by atoms with Gasteiger partial charge >= 0.3 is 0 Å². The summed E-state index contributed by atoms with van der Waals surface area (Å²) in [4.78, 5) is 20.5. The lowest BCUT2D eigenvalue weighted by Gasteiger charge is -2.36. The highest BCUT2D eigenvalue weighted by atomic mass is 32.1. The maximum Gasteiger partial charge on any atom is 0.239 e. The van der Waals surface area contributed by atoms with Crippen LogP contribution in [0.15, 0.2) is 0 Å². The SMILES string of the molecule is Cc1nsc(N2CCN(C(=O)[C@@H](N)C(C)C)CC2)n1. The lowest BCUT2D eigenvalue weighted by atomic mass is 10.0. The van der Waals surface area contributed by atoms with Gasteiger partial charge in [0.05, 0.1) is 6.04 Å². The second kappa shape index (κ2) is 5.83. The van der Waals surface area contributed by atoms with E-state index in [4.69, 9.17) is 5.73 Å². The van der Waals surface area contributed by atoms with Gasteiger partial charge in [0.2, 0.25) is 11.0 Å². The molecule has 1 aliphatic heterocycles. The van der Waals surface area contributed by atoms with Gasteiger partial charge in [0.15, 0.2) is 0 Å². The van der Waals surface area contributed by atoms with Crippen molar-refractivity contribution in [1.82, 2.24) is 14.3 Å². The van der Waals surface area contributed by atoms with Crippen molar-refractivity contribution < 1.29 is 4.79 Å². The van der Waals surface area contributed by atoms with Gasteiger partial charge in [-0.1, -0.05) is 13.8 Å². The Hall–Kier alpha value is -1.21. The molecule has 1 fully saturated rings. The Labute approximate surface area is 117 Å². The van der Waals surface area contributed by atoms with Crippen LogP contribution < -0.4 is 10.6 Å². The van der Waals surface area contributed by atoms with Crippen LogP contribution in [0.25, 0.3) is 0 Å². The van der Waals surface area contributed by atoms with Crippen LogP contribution >= 0.6 is 11.5 Å². The minimum Gasteiger partial charge on any atom is -0.343 e. The van der Waals surface area contributed by atoms with E-state index in [9.17, 15) is 4.79 Å². The number of aryl methyl sites for hydroxylation is 1. The average Bonchev–Trinajstić information content (AvgIpc) is 2.84. The Morgan fingerprint density at radius 3 is 2.42 bits per heavy atom. The predicted molar refractivity (Wildman–Crippen MR) is 76.3 cm³/mol. The molecule has 106 valence electrons. The summed E-state index contributed by atoms with van der Waals surface area (Å²) in [5.41, 5.74) is 5.91. The maximum absolute atomic E-state index is 12.1. The smallest absolute Gasteiger partial charge is 0.239 e. The number of rotatable bonds is 3. The van der Waals surface area contributed by atoms with Gasteiger partial charge < -0.3 is 15.5 Å². The van der Waals surface area contributed by atoms with E-state index in [-0.39, 0.29) is 11.8 Å². The third-order valence-electron chi connectivity index (χ3n) is 3.38. The lowest BCUT2D eigenvalue weighted by molar-refractivity contribution is -0.133. The zero-order chi connectivity index (χ0) is 14.0. The quantitative estimate of drug-likeness (QED) is 0.873. The molecule has 0 spiro atoms. The Bertz CT molecular complexity index is 439. The number of hydrogen-bond acceptors (Lipinski definition) is 6. The molecule has 1 aromatic rings. The monoisotopic (exact) mass is 283 g/mol. The molecule has 1 aromatic heterocycles. The van der Waals surface area contributed by atoms with Gasteiger partial charge in [-0.05, 0) is 12.8 Å². The number of aromatic nitrogens is 2. The van der Waals surface area contributed by atoms with E-state index in [2.05, 4.69) is 14.3 Å². The molecular formula is C12H21N5OS. The van der Waals surface area contributed by atoms with Crippen molar-refractivity contribution in [2.24, 2.45) is 11.7 Å². The summed E-state index contributed by atoms with van der Waals surface area (Å²) in [5.74, 6) is 1.04. The van der Waals surface area contributed by atoms with Crippen molar-refractivity contribution in [2.45, 2.75) is 26.8 Å². The molecule has 0 unspecified atom stereocenters. The lowest BCUT2D eigenvalue weighted by Crippen LogP contribution is -2.54. The molecule has 0 saturated carbocycles. The van der Waals surface area contributed by atoms with E-state index < -0.39 is 6.04 Å². The number of amides is 1. The normalized spacial score (nSPS) is 17.9. The summed E-state index contributed by atoms with van der Waals surface area (Å²) in [6.07, 6.45) is 0. The zero-order valence-corrected chi connectivity index (χ0v) is 12.5. The van der Waals surface area contributed by atoms with Crippen LogP contribution in [0, 0.1) is 12.8 Å². The Morgan fingerprint density at radius 2 is 1.95 bits per heavy atom. The molecule has 0 radical (unpaired) electrons. The number of anilines is 1. The maximum atomic E-state index is 12.1. The molecule has 0 bridgehead atoms. The molecule has 1 aliphatic rings. The fourth-order valence-electron chi connectivity index (χ4n) is 2.03. The van der Waals surface area contributed by atoms with E-state index in [1.807, 2.05) is 25.7 Å². The molecule has 0 aliphatic carbocycles. The molecule has 1 amide bonds. The first-order valence-electron chi connectivity index (χ1n) is 6.58. The second-order valence-electron chi connectivity index (χ2n) is 5.21. The number of piperazine rings is 1. The summed E-state index contributed by atoms with van der Waals surface area (Å²) in [6.45, 7) is 8.85. The van der Waals surface area contributed by atoms with Gasteiger partial charge in [-0.15, -0.1) is 0 Å². The Balaban J connectivity index is 1.90. The highest BCUT2D eigenvalue weighted by Crippen LogP contribution is 2.19. The van der Waals surface area contributed by atoms with Crippen LogP contribution in [-0.2, 0) is 4.79 Å². The summed E-state index contributed by atoms with van der Waals surface area (Å²) in [7, 11) is 0. The predicted octanol–water partition coefficient (Wildman–Crippen LogP) is 0.478. The molecule has 0 aromatic carbocycles. The van der Waals surface area contributed by atoms with Crippen molar-refractivity contribution >= 4 is 22.6 Å². The van der Waals surface area contributed by atoms with Crippen molar-refractivity contribution in [3.05, 3.63) is 5.82 Å². The van der Waals surface area contributed by atoms with E-state index in [1.54, 1.807) is 0 Å². The molecule has 2 rings (SSSR count). The van der Waals surface area contributed by atoms with Gasteiger partial charge in [0.25, 0.3) is 0 Å². The van der Waals surface area contributed by atoms with Gasteiger partial charge in [-0.25, -0.2) is 4.98 Å². The van der Waals surface area contributed by atoms with Gasteiger partial charge in [-0.3, -0.25) is 4.79 Å². The fraction of sp³-hybridized carbons (Fsp3) is 0.750. The van der Waals surface area contributed by atoms with Crippen LogP contribution in [0.3, 0.4) is 0 Å². The molecule has 19 heavy (non-hydrogen) atoms. The van der Waals surface area contributed by atoms with Crippen molar-refractivity contribution in [2.75, 3.05) is 31.1 Å². The Morgan fingerprint density at radius 1 is 1.32 bits per heavy atom. The molecular weight excluding hydrogens is 262 g/mol. The first kappa shape index (κ1) is 14.2. The standard InChI is InChI=1S/C12H21N5OS/c1-8(2)10(13)11(18)16-4-6-17(7-5-16)12-14-9(3)15-19-12/h8,10H,4-7,13H2,1-3H3/t10-/m0/s1. The number of nitrogens with two attached hydrogens (primary N) is 1. The van der Waals surface area contributed by atoms with Crippen LogP contribution in [0.2, 0.25) is 0 Å². The minimum absolute atomic E-state index is 0.0584. The van der Waals surface area contributed by atoms with E-state index >= 15 is 0 Å². The third kappa shape index (κ3) is 3.22. The summed E-state index contributed by atoms with van der Waals surface area (Å²) < 4.78 is 4.19. The third-order valence-corrected chi connectivity index (χ3v) is 4.25. The Kier molecular flexibility index (Phi) is 4.36. The first-order valence-corrected chi connectivity index (χ1v) is 7.36. The van der Waals surface area contributed by atoms with E-state index in [1.165, 1.54) is 11.5 Å². The number of carbonyl (C=O) groups is 1. The van der Waals surface area contributed by atoms with Gasteiger partial charge in [-0.2, -0.15) is 4.37 Å². The van der Waals surface area contributed by atoms with Crippen molar-refractivity contribution in [3.63, 3.8) is 0 Å². The highest BCUT2D eigenvalue weighted by molar-refractivity contribution is 7.09. The van der Waals surface area contributed by atoms with Crippen molar-refractivity contribution in [3.8, 4) is 0 Å². The highest BCUT2D eigenvalue weighted by Gasteiger charge is 2.27. The van der Waals surface area contributed by atoms with E-state index in [0.717, 1.165) is 24.0 Å². The first-order chi connectivity index (χ1) is 8.99. The van der Waals surface area contributed by atoms with Gasteiger partial charge in [0.1, 0.15) is 5.82 Å². The minimum atomic E-state index is -0.393. The largest absolute Gasteiger partial charge is 0.343 e. The molecule has 2 heterocycles. The van der Waals surface area contributed by atoms with Crippen LogP contribution in [-0.4, -0.2) is 52.4 Å². The summed E-state index contributed by atoms with van der Waals surface area (Å²) in [5, 5.41) is 0.942. The zero-order valence-electron chi connectivity index (χ0n) is 11.7. The van der Waals surface area contributed by atoms with Crippen LogP contribution in [0.5, 0.6) is 0 Å². The van der Waals surface area contributed by atoms with E-state index in [0.29, 0.717) is 13.1 Å².